The summed E-state index contributed by atoms with van der Waals surface area (Å²) >= 11 is 2.62. The molecular formula is C23H23N7O5S2. The molecule has 0 radical (unpaired) electrons. The molecular weight excluding hydrogens is 518 g/mol. The molecule has 1 saturated carbocycles. The van der Waals surface area contributed by atoms with Crippen molar-refractivity contribution in [3.63, 3.8) is 0 Å². The number of hydrogen-bond donors (Lipinski definition) is 4. The second-order valence-corrected chi connectivity index (χ2v) is 11.4. The lowest BCUT2D eigenvalue weighted by Gasteiger charge is -2.49. The molecule has 2 aromatic rings. The summed E-state index contributed by atoms with van der Waals surface area (Å²) in [7, 11) is 0. The third kappa shape index (κ3) is 4.37. The van der Waals surface area contributed by atoms with Gasteiger partial charge in [-0.15, -0.1) is 11.8 Å². The van der Waals surface area contributed by atoms with Gasteiger partial charge in [0.1, 0.15) is 28.5 Å². The van der Waals surface area contributed by atoms with Crippen molar-refractivity contribution in [2.75, 3.05) is 18.1 Å². The number of aromatic amines is 1. The van der Waals surface area contributed by atoms with Crippen molar-refractivity contribution in [1.82, 2.24) is 35.7 Å². The van der Waals surface area contributed by atoms with Gasteiger partial charge in [0.2, 0.25) is 11.8 Å². The predicted octanol–water partition coefficient (Wildman–Crippen LogP) is 0.800. The van der Waals surface area contributed by atoms with Gasteiger partial charge in [0.25, 0.3) is 5.91 Å². The number of nitrogens with zero attached hydrogens (tertiary/aromatic N) is 4. The van der Waals surface area contributed by atoms with Crippen molar-refractivity contribution in [2.24, 2.45) is 5.92 Å². The van der Waals surface area contributed by atoms with E-state index in [2.05, 4.69) is 30.8 Å². The van der Waals surface area contributed by atoms with Crippen LogP contribution in [0.3, 0.4) is 0 Å². The lowest BCUT2D eigenvalue weighted by molar-refractivity contribution is -0.150. The summed E-state index contributed by atoms with van der Waals surface area (Å²) in [6, 6.07) is -0.817. The van der Waals surface area contributed by atoms with Gasteiger partial charge in [-0.05, 0) is 42.7 Å². The minimum atomic E-state index is -1.20. The quantitative estimate of drug-likeness (QED) is 0.162. The first-order chi connectivity index (χ1) is 17.9. The number of carboxylic acids is 1. The Morgan fingerprint density at radius 1 is 1.27 bits per heavy atom. The van der Waals surface area contributed by atoms with Crippen molar-refractivity contribution in [2.45, 2.75) is 42.1 Å². The highest BCUT2D eigenvalue weighted by atomic mass is 32.2. The van der Waals surface area contributed by atoms with E-state index in [4.69, 9.17) is 0 Å². The second kappa shape index (κ2) is 9.49. The molecule has 0 bridgehead atoms. The molecule has 2 aromatic heterocycles. The van der Waals surface area contributed by atoms with E-state index in [9.17, 15) is 24.3 Å². The Labute approximate surface area is 219 Å². The van der Waals surface area contributed by atoms with Crippen LogP contribution in [0, 0.1) is 5.92 Å². The molecule has 6 rings (SSSR count). The Morgan fingerprint density at radius 3 is 2.84 bits per heavy atom. The van der Waals surface area contributed by atoms with E-state index in [1.807, 2.05) is 0 Å². The van der Waals surface area contributed by atoms with Gasteiger partial charge >= 0.3 is 5.97 Å². The van der Waals surface area contributed by atoms with Gasteiger partial charge in [-0.25, -0.2) is 14.8 Å². The molecule has 12 nitrogen and oxygen atoms in total. The maximum atomic E-state index is 13.1. The maximum absolute atomic E-state index is 13.1. The highest BCUT2D eigenvalue weighted by Crippen LogP contribution is 2.46. The van der Waals surface area contributed by atoms with Gasteiger partial charge in [-0.3, -0.25) is 24.4 Å². The molecule has 192 valence electrons. The van der Waals surface area contributed by atoms with Crippen LogP contribution in [0.2, 0.25) is 0 Å². The number of amides is 3. The lowest BCUT2D eigenvalue weighted by atomic mass is 9.91. The van der Waals surface area contributed by atoms with Crippen molar-refractivity contribution in [3.8, 4) is 0 Å². The molecule has 0 spiro atoms. The highest BCUT2D eigenvalue weighted by Gasteiger charge is 2.54. The summed E-state index contributed by atoms with van der Waals surface area (Å²) in [5, 5.41) is 23.1. The number of nitrogens with one attached hydrogen (secondary N) is 3. The Balaban J connectivity index is 1.19. The zero-order chi connectivity index (χ0) is 25.7. The maximum Gasteiger partial charge on any atom is 0.352 e. The number of rotatable bonds is 8. The highest BCUT2D eigenvalue weighted by molar-refractivity contribution is 8.00. The number of hydrogen-bond acceptors (Lipinski definition) is 9. The van der Waals surface area contributed by atoms with E-state index in [0.717, 1.165) is 18.4 Å². The fourth-order valence-electron chi connectivity index (χ4n) is 4.91. The van der Waals surface area contributed by atoms with E-state index in [1.165, 1.54) is 34.8 Å². The summed E-state index contributed by atoms with van der Waals surface area (Å²) in [5.41, 5.74) is 2.45. The summed E-state index contributed by atoms with van der Waals surface area (Å²) in [6.45, 7) is 0.531. The van der Waals surface area contributed by atoms with Crippen LogP contribution >= 0.6 is 23.5 Å². The van der Waals surface area contributed by atoms with Crippen molar-refractivity contribution < 1.29 is 24.3 Å². The van der Waals surface area contributed by atoms with Crippen LogP contribution in [-0.2, 0) is 19.2 Å². The van der Waals surface area contributed by atoms with Crippen LogP contribution in [-0.4, -0.2) is 83.3 Å². The van der Waals surface area contributed by atoms with Gasteiger partial charge in [0.15, 0.2) is 5.65 Å². The van der Waals surface area contributed by atoms with Crippen LogP contribution in [0.15, 0.2) is 40.0 Å². The summed E-state index contributed by atoms with van der Waals surface area (Å²) in [6.07, 6.45) is 6.27. The second-order valence-electron chi connectivity index (χ2n) is 9.30. The number of carbonyl (C=O) groups is 4. The molecule has 2 saturated heterocycles. The molecule has 4 N–H and O–H groups in total. The van der Waals surface area contributed by atoms with Crippen LogP contribution in [0.5, 0.6) is 0 Å². The van der Waals surface area contributed by atoms with Gasteiger partial charge < -0.3 is 15.7 Å². The van der Waals surface area contributed by atoms with Gasteiger partial charge in [-0.1, -0.05) is 11.8 Å². The standard InChI is InChI=1S/C23H23N7O5S2/c31-15(8-36-20-13-6-27-29-18(13)25-9-26-20)28-16-21(33)30-17(23(34)35)14(7-37-22(16)30)12(5-10-1-2-10)11-3-4-24-19(11)32/h6,9-10,16,22H,1-5,7-8H2,(H,24,32)(H,28,31)(H,34,35)(H,25,26,27,29)/t16-,22-/m1/s1. The average Bonchev–Trinajstić information content (AvgIpc) is 3.39. The number of H-pyrrole nitrogens is 1. The topological polar surface area (TPSA) is 170 Å². The molecule has 3 fully saturated rings. The number of allylic oxidation sites excluding steroid dienone is 1. The molecule has 5 heterocycles. The number of β-lactam (4-membered cyclic amide) rings is 1. The first kappa shape index (κ1) is 24.0. The van der Waals surface area contributed by atoms with Gasteiger partial charge in [-0.2, -0.15) is 5.10 Å². The smallest absolute Gasteiger partial charge is 0.352 e. The number of carbonyl (C=O) groups excluding carboxylic acids is 3. The zero-order valence-corrected chi connectivity index (χ0v) is 21.2. The Bertz CT molecular complexity index is 1400. The number of fused-ring (bicyclic) bond motifs is 2. The summed E-state index contributed by atoms with van der Waals surface area (Å²) < 4.78 is 0. The third-order valence-corrected chi connectivity index (χ3v) is 9.18. The number of aliphatic carboxylic acids is 1. The van der Waals surface area contributed by atoms with Crippen LogP contribution in [0.25, 0.3) is 11.0 Å². The largest absolute Gasteiger partial charge is 0.477 e. The minimum Gasteiger partial charge on any atom is -0.477 e. The lowest BCUT2D eigenvalue weighted by Crippen LogP contribution is -2.70. The Morgan fingerprint density at radius 2 is 2.11 bits per heavy atom. The van der Waals surface area contributed by atoms with Crippen molar-refractivity contribution in [3.05, 3.63) is 34.9 Å². The van der Waals surface area contributed by atoms with Gasteiger partial charge in [0.05, 0.1) is 17.3 Å². The van der Waals surface area contributed by atoms with Crippen LogP contribution < -0.4 is 10.6 Å². The minimum absolute atomic E-state index is 0.0259. The molecule has 0 aromatic carbocycles. The van der Waals surface area contributed by atoms with E-state index < -0.39 is 23.3 Å². The van der Waals surface area contributed by atoms with E-state index in [1.54, 1.807) is 6.20 Å². The predicted molar refractivity (Wildman–Crippen MR) is 134 cm³/mol. The van der Waals surface area contributed by atoms with E-state index in [-0.39, 0.29) is 23.3 Å². The molecule has 14 heteroatoms. The molecule has 4 aliphatic rings. The van der Waals surface area contributed by atoms with Crippen molar-refractivity contribution in [1.29, 1.82) is 0 Å². The van der Waals surface area contributed by atoms with Crippen molar-refractivity contribution >= 4 is 58.2 Å². The molecule has 3 aliphatic heterocycles. The van der Waals surface area contributed by atoms with Crippen LogP contribution in [0.4, 0.5) is 0 Å². The van der Waals surface area contributed by atoms with E-state index >= 15 is 0 Å². The average molecular weight is 542 g/mol. The summed E-state index contributed by atoms with van der Waals surface area (Å²) in [4.78, 5) is 60.2. The molecule has 37 heavy (non-hydrogen) atoms. The molecule has 0 unspecified atom stereocenters. The fourth-order valence-corrected chi connectivity index (χ4v) is 7.07. The number of thioether (sulfide) groups is 2. The third-order valence-electron chi connectivity index (χ3n) is 6.89. The first-order valence-electron chi connectivity index (χ1n) is 11.9. The van der Waals surface area contributed by atoms with Gasteiger partial charge in [0, 0.05) is 17.9 Å². The Kier molecular flexibility index (Phi) is 6.15. The monoisotopic (exact) mass is 541 g/mol. The zero-order valence-electron chi connectivity index (χ0n) is 19.5. The van der Waals surface area contributed by atoms with E-state index in [0.29, 0.717) is 58.3 Å². The van der Waals surface area contributed by atoms with Crippen LogP contribution in [0.1, 0.15) is 25.7 Å². The normalized spacial score (nSPS) is 24.6. The molecule has 1 aliphatic carbocycles. The molecule has 3 amide bonds. The number of aromatic nitrogens is 4. The number of carboxylic acid groups (broad SMARTS) is 1. The Hall–Kier alpha value is -3.39. The summed E-state index contributed by atoms with van der Waals surface area (Å²) in [5.74, 6) is -1.35. The molecule has 2 atom stereocenters. The first-order valence-corrected chi connectivity index (χ1v) is 13.9. The fraction of sp³-hybridized carbons (Fsp3) is 0.435. The SMILES string of the molecule is O=C(CSc1ncnc2[nH]ncc12)N[C@@H]1C(=O)N2C(C(=O)O)=C(C(CC3CC3)=C3CCNC3=O)CS[C@H]12.